The molecule has 7 rings (SSSR count). The Morgan fingerprint density at radius 2 is 2.00 bits per heavy atom. The summed E-state index contributed by atoms with van der Waals surface area (Å²) in [7, 11) is 1.34. The smallest absolute Gasteiger partial charge is 0.320 e. The average molecular weight is 682 g/mol. The van der Waals surface area contributed by atoms with Gasteiger partial charge in [0.25, 0.3) is 0 Å². The van der Waals surface area contributed by atoms with Crippen LogP contribution >= 0.6 is 11.3 Å². The van der Waals surface area contributed by atoms with Crippen LogP contribution in [0, 0.1) is 23.0 Å². The monoisotopic (exact) mass is 681 g/mol. The van der Waals surface area contributed by atoms with E-state index in [2.05, 4.69) is 26.4 Å². The first kappa shape index (κ1) is 34.8. The van der Waals surface area contributed by atoms with Crippen LogP contribution in [-0.4, -0.2) is 81.8 Å². The summed E-state index contributed by atoms with van der Waals surface area (Å²) >= 11 is 0.909. The summed E-state index contributed by atoms with van der Waals surface area (Å²) in [6.07, 6.45) is 5.53. The number of fused-ring (bicyclic) bond motifs is 3. The molecule has 0 aliphatic carbocycles. The summed E-state index contributed by atoms with van der Waals surface area (Å²) in [5.41, 5.74) is 5.90. The number of pyridine rings is 1. The highest BCUT2D eigenvalue weighted by molar-refractivity contribution is 7.23. The molecule has 4 unspecified atom stereocenters. The minimum atomic E-state index is -0.826. The minimum Gasteiger partial charge on any atom is -0.471 e. The molecule has 4 aromatic rings. The fraction of sp³-hybridized carbons (Fsp3) is 0.441. The third-order valence-corrected chi connectivity index (χ3v) is 9.89. The number of hydrogen-bond acceptors (Lipinski definition) is 10. The number of anilines is 1. The summed E-state index contributed by atoms with van der Waals surface area (Å²) in [4.78, 5) is 28.7. The van der Waals surface area contributed by atoms with Gasteiger partial charge in [-0.05, 0) is 50.9 Å². The maximum atomic E-state index is 16.0. The van der Waals surface area contributed by atoms with Crippen molar-refractivity contribution >= 4 is 43.2 Å². The number of aromatic nitrogens is 3. The zero-order valence-electron chi connectivity index (χ0n) is 27.3. The van der Waals surface area contributed by atoms with Crippen molar-refractivity contribution in [2.45, 2.75) is 70.8 Å². The number of benzene rings is 1. The number of carbonyl (C=O) groups is 1. The van der Waals surface area contributed by atoms with Crippen molar-refractivity contribution < 1.29 is 27.4 Å². The number of methoxy groups -OCH3 is 1. The zero-order chi connectivity index (χ0) is 34.7. The van der Waals surface area contributed by atoms with Crippen LogP contribution < -0.4 is 15.2 Å². The van der Waals surface area contributed by atoms with Crippen LogP contribution in [0.25, 0.3) is 32.2 Å². The van der Waals surface area contributed by atoms with E-state index in [1.165, 1.54) is 44.4 Å². The van der Waals surface area contributed by atoms with Gasteiger partial charge in [-0.1, -0.05) is 20.4 Å². The van der Waals surface area contributed by atoms with E-state index in [-0.39, 0.29) is 66.7 Å². The Morgan fingerprint density at radius 3 is 2.69 bits per heavy atom. The molecule has 2 N–H and O–H groups in total. The quantitative estimate of drug-likeness (QED) is 0.237. The van der Waals surface area contributed by atoms with Crippen LogP contribution in [-0.2, 0) is 4.79 Å². The van der Waals surface area contributed by atoms with Crippen molar-refractivity contribution in [3.8, 4) is 29.2 Å². The largest absolute Gasteiger partial charge is 0.471 e. The molecule has 14 heteroatoms. The second-order valence-corrected chi connectivity index (χ2v) is 12.5. The third-order valence-electron chi connectivity index (χ3n) is 8.86. The van der Waals surface area contributed by atoms with E-state index in [1.807, 2.05) is 26.8 Å². The molecule has 3 saturated heterocycles. The molecule has 1 aromatic carbocycles. The summed E-state index contributed by atoms with van der Waals surface area (Å²) in [6.45, 7) is 11.7. The number of thiophene rings is 1. The first-order valence-corrected chi connectivity index (χ1v) is 16.8. The van der Waals surface area contributed by atoms with Crippen molar-refractivity contribution in [3.05, 3.63) is 48.2 Å². The van der Waals surface area contributed by atoms with Crippen molar-refractivity contribution in [1.29, 1.82) is 5.26 Å². The molecular weight excluding hydrogens is 643 g/mol. The molecule has 0 saturated carbocycles. The fourth-order valence-corrected chi connectivity index (χ4v) is 7.49. The molecule has 1 amide bonds. The van der Waals surface area contributed by atoms with Gasteiger partial charge < -0.3 is 20.1 Å². The van der Waals surface area contributed by atoms with Gasteiger partial charge in [0.05, 0.1) is 28.8 Å². The molecule has 0 radical (unpaired) electrons. The topological polar surface area (TPSA) is 130 Å². The molecule has 3 aliphatic rings. The number of halogens is 3. The first-order chi connectivity index (χ1) is 23.1. The number of alkyl halides is 1. The fourth-order valence-electron chi connectivity index (χ4n) is 6.54. The number of ether oxygens (including phenoxy) is 2. The lowest BCUT2D eigenvalue weighted by Gasteiger charge is -2.24. The Hall–Kier alpha value is -4.48. The molecule has 0 spiro atoms. The van der Waals surface area contributed by atoms with Gasteiger partial charge in [0.2, 0.25) is 11.8 Å². The number of nitrogen functional groups attached to an aromatic ring is 1. The molecule has 6 heterocycles. The molecule has 48 heavy (non-hydrogen) atoms. The highest BCUT2D eigenvalue weighted by Crippen LogP contribution is 2.42. The lowest BCUT2D eigenvalue weighted by molar-refractivity contribution is -0.127. The average Bonchev–Trinajstić information content (AvgIpc) is 3.86. The van der Waals surface area contributed by atoms with Crippen LogP contribution in [0.1, 0.15) is 52.0 Å². The molecule has 10 nitrogen and oxygen atoms in total. The van der Waals surface area contributed by atoms with E-state index >= 15 is 4.39 Å². The number of nitriles is 1. The van der Waals surface area contributed by atoms with Gasteiger partial charge in [0.1, 0.15) is 40.4 Å². The van der Waals surface area contributed by atoms with Gasteiger partial charge >= 0.3 is 6.01 Å². The van der Waals surface area contributed by atoms with E-state index in [9.17, 15) is 18.8 Å². The van der Waals surface area contributed by atoms with Crippen molar-refractivity contribution in [2.75, 3.05) is 32.5 Å². The van der Waals surface area contributed by atoms with Crippen LogP contribution in [0.15, 0.2) is 31.0 Å². The van der Waals surface area contributed by atoms with E-state index in [0.29, 0.717) is 25.6 Å². The zero-order valence-corrected chi connectivity index (χ0v) is 28.1. The first-order valence-electron chi connectivity index (χ1n) is 15.9. The van der Waals surface area contributed by atoms with Crippen molar-refractivity contribution in [3.63, 3.8) is 0 Å². The number of amides is 1. The van der Waals surface area contributed by atoms with Crippen LogP contribution in [0.4, 0.5) is 18.2 Å². The Bertz CT molecular complexity index is 1870. The second kappa shape index (κ2) is 14.7. The van der Waals surface area contributed by atoms with Gasteiger partial charge in [-0.25, -0.2) is 13.2 Å². The molecule has 4 atom stereocenters. The number of rotatable bonds is 5. The van der Waals surface area contributed by atoms with E-state index in [4.69, 9.17) is 15.2 Å². The molecule has 254 valence electrons. The van der Waals surface area contributed by atoms with E-state index in [1.54, 1.807) is 4.90 Å². The van der Waals surface area contributed by atoms with Crippen molar-refractivity contribution in [1.82, 2.24) is 24.8 Å². The SMILES string of the molecule is C=CC(=O)N1CCC(Oc2nc(OC)nc3c(F)c(-c4ccc(F)c5sc(N)c(C#N)c45)ncc23)C1C.CC.FC1CC2CCCN2C1. The summed E-state index contributed by atoms with van der Waals surface area (Å²) < 4.78 is 54.5. The number of carbonyl (C=O) groups excluding carboxylic acids is 1. The van der Waals surface area contributed by atoms with Crippen LogP contribution in [0.5, 0.6) is 11.9 Å². The predicted octanol–water partition coefficient (Wildman–Crippen LogP) is 6.42. The molecule has 0 bridgehead atoms. The van der Waals surface area contributed by atoms with Crippen LogP contribution in [0.3, 0.4) is 0 Å². The van der Waals surface area contributed by atoms with Gasteiger partial charge in [-0.15, -0.1) is 11.3 Å². The van der Waals surface area contributed by atoms with Gasteiger partial charge in [0.15, 0.2) is 5.82 Å². The van der Waals surface area contributed by atoms with E-state index < -0.39 is 23.9 Å². The summed E-state index contributed by atoms with van der Waals surface area (Å²) in [5.74, 6) is -1.57. The second-order valence-electron chi connectivity index (χ2n) is 11.5. The maximum absolute atomic E-state index is 16.0. The molecule has 3 fully saturated rings. The molecule has 3 aliphatic heterocycles. The lowest BCUT2D eigenvalue weighted by atomic mass is 10.0. The molecular formula is C34H38F3N7O3S. The number of likely N-dealkylation sites (tertiary alicyclic amines) is 1. The lowest BCUT2D eigenvalue weighted by Crippen LogP contribution is -2.38. The third kappa shape index (κ3) is 6.49. The number of hydrogen-bond donors (Lipinski definition) is 1. The summed E-state index contributed by atoms with van der Waals surface area (Å²) in [6, 6.07) is 4.69. The molecule has 3 aromatic heterocycles. The standard InChI is InChI=1S/C25H20F2N6O3S.C7H12FN.C2H6/c1-4-17(34)33-8-7-16(11(33)2)36-24-14-10-30-20(19(27)21(14)31-25(32-24)35-3)12-5-6-15(26)22-18(12)13(9-28)23(29)37-22;8-6-4-7-2-1-3-9(7)5-6;1-2/h4-6,10-11,16H,1,7-8,29H2,2-3H3;6-7H,1-5H2;1-2H3. The Morgan fingerprint density at radius 1 is 1.23 bits per heavy atom. The summed E-state index contributed by atoms with van der Waals surface area (Å²) in [5, 5.41) is 10.1. The highest BCUT2D eigenvalue weighted by atomic mass is 32.1. The number of nitrogens with zero attached hydrogens (tertiary/aromatic N) is 6. The van der Waals surface area contributed by atoms with Gasteiger partial charge in [0, 0.05) is 42.7 Å². The van der Waals surface area contributed by atoms with Gasteiger partial charge in [-0.3, -0.25) is 14.7 Å². The normalized spacial score (nSPS) is 21.6. The minimum absolute atomic E-state index is 0.0475. The van der Waals surface area contributed by atoms with E-state index in [0.717, 1.165) is 24.3 Å². The van der Waals surface area contributed by atoms with Gasteiger partial charge in [-0.2, -0.15) is 15.2 Å². The van der Waals surface area contributed by atoms with Crippen molar-refractivity contribution in [2.24, 2.45) is 0 Å². The maximum Gasteiger partial charge on any atom is 0.320 e. The highest BCUT2D eigenvalue weighted by Gasteiger charge is 2.36. The Kier molecular flexibility index (Phi) is 10.7. The Balaban J connectivity index is 0.000000347. The van der Waals surface area contributed by atoms with Crippen LogP contribution in [0.2, 0.25) is 0 Å². The predicted molar refractivity (Wildman–Crippen MR) is 180 cm³/mol. The number of nitrogens with two attached hydrogens (primary N) is 1. The Labute approximate surface area is 281 Å².